The molecule has 0 atom stereocenters. The van der Waals surface area contributed by atoms with Gasteiger partial charge in [-0.15, -0.1) is 0 Å². The molecule has 0 spiro atoms. The molecule has 2 rings (SSSR count). The molecular weight excluding hydrogens is 204 g/mol. The predicted molar refractivity (Wildman–Crippen MR) is 65.5 cm³/mol. The first-order valence-electron chi connectivity index (χ1n) is 6.31. The molecule has 2 heterocycles. The number of piperidine rings is 2. The highest BCUT2D eigenvalue weighted by Gasteiger charge is 2.12. The lowest BCUT2D eigenvalue weighted by Crippen LogP contribution is -2.32. The van der Waals surface area contributed by atoms with Crippen LogP contribution in [0.4, 0.5) is 0 Å². The zero-order valence-electron chi connectivity index (χ0n) is 10.6. The first-order valence-corrected chi connectivity index (χ1v) is 6.31. The zero-order valence-corrected chi connectivity index (χ0v) is 10.6. The molecule has 0 aromatic rings. The minimum atomic E-state index is -0.0220. The highest BCUT2D eigenvalue weighted by molar-refractivity contribution is 4.67. The molecule has 4 heteroatoms. The molecule has 0 amide bonds. The summed E-state index contributed by atoms with van der Waals surface area (Å²) in [6.45, 7) is 4.23. The van der Waals surface area contributed by atoms with Gasteiger partial charge in [0.25, 0.3) is 0 Å². The van der Waals surface area contributed by atoms with Crippen molar-refractivity contribution in [3.63, 3.8) is 0 Å². The van der Waals surface area contributed by atoms with E-state index in [0.717, 1.165) is 51.9 Å². The lowest BCUT2D eigenvalue weighted by Gasteiger charge is -2.25. The van der Waals surface area contributed by atoms with Crippen molar-refractivity contribution in [2.24, 2.45) is 0 Å². The van der Waals surface area contributed by atoms with Crippen molar-refractivity contribution >= 4 is 0 Å². The summed E-state index contributed by atoms with van der Waals surface area (Å²) in [6.07, 6.45) is 3.78. The van der Waals surface area contributed by atoms with Gasteiger partial charge in [-0.05, 0) is 39.8 Å². The van der Waals surface area contributed by atoms with E-state index in [-0.39, 0.29) is 12.2 Å². The largest absolute Gasteiger partial charge is 0.393 e. The fourth-order valence-corrected chi connectivity index (χ4v) is 1.99. The van der Waals surface area contributed by atoms with E-state index in [9.17, 15) is 0 Å². The van der Waals surface area contributed by atoms with Crippen molar-refractivity contribution in [1.82, 2.24) is 9.80 Å². The van der Waals surface area contributed by atoms with Crippen molar-refractivity contribution in [3.8, 4) is 0 Å². The summed E-state index contributed by atoms with van der Waals surface area (Å²) in [4.78, 5) is 4.49. The first-order chi connectivity index (χ1) is 7.58. The Kier molecular flexibility index (Phi) is 6.28. The van der Waals surface area contributed by atoms with Crippen LogP contribution in [-0.4, -0.2) is 72.5 Å². The van der Waals surface area contributed by atoms with Crippen LogP contribution in [-0.2, 0) is 0 Å². The molecule has 2 aliphatic heterocycles. The van der Waals surface area contributed by atoms with Gasteiger partial charge >= 0.3 is 0 Å². The summed E-state index contributed by atoms with van der Waals surface area (Å²) in [5.41, 5.74) is 0. The molecule has 2 fully saturated rings. The van der Waals surface area contributed by atoms with Crippen LogP contribution >= 0.6 is 0 Å². The molecule has 0 aromatic carbocycles. The fourth-order valence-electron chi connectivity index (χ4n) is 1.99. The number of nitrogens with zero attached hydrogens (tertiary/aromatic N) is 2. The van der Waals surface area contributed by atoms with Crippen molar-refractivity contribution in [2.75, 3.05) is 40.3 Å². The highest BCUT2D eigenvalue weighted by Crippen LogP contribution is 2.07. The Morgan fingerprint density at radius 3 is 1.12 bits per heavy atom. The van der Waals surface area contributed by atoms with E-state index in [2.05, 4.69) is 23.9 Å². The van der Waals surface area contributed by atoms with Crippen LogP contribution in [0.2, 0.25) is 0 Å². The summed E-state index contributed by atoms with van der Waals surface area (Å²) in [7, 11) is 4.18. The van der Waals surface area contributed by atoms with E-state index in [1.54, 1.807) is 0 Å². The number of likely N-dealkylation sites (tertiary alicyclic amines) is 2. The maximum absolute atomic E-state index is 9.00. The van der Waals surface area contributed by atoms with E-state index >= 15 is 0 Å². The number of hydrogen-bond donors (Lipinski definition) is 2. The smallest absolute Gasteiger partial charge is 0.0564 e. The van der Waals surface area contributed by atoms with E-state index in [4.69, 9.17) is 10.2 Å². The molecule has 0 unspecified atom stereocenters. The first kappa shape index (κ1) is 13.9. The van der Waals surface area contributed by atoms with Crippen LogP contribution in [0.15, 0.2) is 0 Å². The molecule has 2 aliphatic rings. The van der Waals surface area contributed by atoms with Gasteiger partial charge in [0.15, 0.2) is 0 Å². The second kappa shape index (κ2) is 7.22. The molecule has 0 aliphatic carbocycles. The van der Waals surface area contributed by atoms with Crippen LogP contribution in [0.3, 0.4) is 0 Å². The van der Waals surface area contributed by atoms with Gasteiger partial charge in [0, 0.05) is 26.2 Å². The third kappa shape index (κ3) is 5.80. The number of rotatable bonds is 0. The average Bonchev–Trinajstić information content (AvgIpc) is 2.28. The van der Waals surface area contributed by atoms with Crippen molar-refractivity contribution < 1.29 is 10.2 Å². The van der Waals surface area contributed by atoms with Gasteiger partial charge in [0.2, 0.25) is 0 Å². The summed E-state index contributed by atoms with van der Waals surface area (Å²) in [6, 6.07) is 0. The molecular formula is C12H26N2O2. The van der Waals surface area contributed by atoms with E-state index < -0.39 is 0 Å². The van der Waals surface area contributed by atoms with Crippen LogP contribution in [0.1, 0.15) is 25.7 Å². The Labute approximate surface area is 98.9 Å². The van der Waals surface area contributed by atoms with Gasteiger partial charge < -0.3 is 20.0 Å². The Bertz CT molecular complexity index is 134. The Hall–Kier alpha value is -0.160. The Morgan fingerprint density at radius 2 is 0.938 bits per heavy atom. The van der Waals surface area contributed by atoms with Crippen LogP contribution in [0.5, 0.6) is 0 Å². The summed E-state index contributed by atoms with van der Waals surface area (Å²) < 4.78 is 0. The fraction of sp³-hybridized carbons (Fsp3) is 1.00. The second-order valence-corrected chi connectivity index (χ2v) is 5.07. The van der Waals surface area contributed by atoms with E-state index in [0.29, 0.717) is 0 Å². The third-order valence-corrected chi connectivity index (χ3v) is 3.38. The lowest BCUT2D eigenvalue weighted by molar-refractivity contribution is 0.0940. The van der Waals surface area contributed by atoms with Crippen LogP contribution in [0, 0.1) is 0 Å². The molecule has 2 N–H and O–H groups in total. The molecule has 0 radical (unpaired) electrons. The lowest BCUT2D eigenvalue weighted by atomic mass is 10.1. The number of hydrogen-bond acceptors (Lipinski definition) is 4. The minimum Gasteiger partial charge on any atom is -0.393 e. The molecule has 4 nitrogen and oxygen atoms in total. The van der Waals surface area contributed by atoms with Gasteiger partial charge in [0.05, 0.1) is 12.2 Å². The predicted octanol–water partition coefficient (Wildman–Crippen LogP) is 0.146. The van der Waals surface area contributed by atoms with Gasteiger partial charge in [-0.2, -0.15) is 0 Å². The summed E-state index contributed by atoms with van der Waals surface area (Å²) in [5, 5.41) is 18.0. The van der Waals surface area contributed by atoms with E-state index in [1.807, 2.05) is 0 Å². The second-order valence-electron chi connectivity index (χ2n) is 5.07. The summed E-state index contributed by atoms with van der Waals surface area (Å²) in [5.74, 6) is 0. The SMILES string of the molecule is CN1CCC(O)CC1.CN1CCC(O)CC1. The molecule has 2 saturated heterocycles. The minimum absolute atomic E-state index is 0.0220. The molecule has 16 heavy (non-hydrogen) atoms. The maximum atomic E-state index is 9.00. The zero-order chi connectivity index (χ0) is 12.0. The van der Waals surface area contributed by atoms with Crippen molar-refractivity contribution in [3.05, 3.63) is 0 Å². The third-order valence-electron chi connectivity index (χ3n) is 3.38. The number of aliphatic hydroxyl groups excluding tert-OH is 2. The molecule has 0 aromatic heterocycles. The summed E-state index contributed by atoms with van der Waals surface area (Å²) >= 11 is 0. The van der Waals surface area contributed by atoms with Gasteiger partial charge in [-0.1, -0.05) is 0 Å². The maximum Gasteiger partial charge on any atom is 0.0564 e. The standard InChI is InChI=1S/2C6H13NO/c2*1-7-4-2-6(8)3-5-7/h2*6,8H,2-5H2,1H3. The molecule has 0 saturated carbocycles. The number of aliphatic hydroxyl groups is 2. The Morgan fingerprint density at radius 1 is 0.688 bits per heavy atom. The van der Waals surface area contributed by atoms with Gasteiger partial charge in [-0.3, -0.25) is 0 Å². The molecule has 0 bridgehead atoms. The van der Waals surface area contributed by atoms with Crippen LogP contribution in [0.25, 0.3) is 0 Å². The Balaban J connectivity index is 0.000000160. The highest BCUT2D eigenvalue weighted by atomic mass is 16.3. The monoisotopic (exact) mass is 230 g/mol. The van der Waals surface area contributed by atoms with Crippen LogP contribution < -0.4 is 0 Å². The van der Waals surface area contributed by atoms with Gasteiger partial charge in [-0.25, -0.2) is 0 Å². The quantitative estimate of drug-likeness (QED) is 0.622. The van der Waals surface area contributed by atoms with E-state index in [1.165, 1.54) is 0 Å². The average molecular weight is 230 g/mol. The molecule has 96 valence electrons. The van der Waals surface area contributed by atoms with Crippen molar-refractivity contribution in [2.45, 2.75) is 37.9 Å². The van der Waals surface area contributed by atoms with Gasteiger partial charge in [0.1, 0.15) is 0 Å². The topological polar surface area (TPSA) is 46.9 Å². The van der Waals surface area contributed by atoms with Crippen molar-refractivity contribution in [1.29, 1.82) is 0 Å². The normalized spacial score (nSPS) is 26.2.